The number of nitrogens with zero attached hydrogens (tertiary/aromatic N) is 1. The number of carbonyl (C=O) groups is 1. The van der Waals surface area contributed by atoms with Crippen molar-refractivity contribution in [2.75, 3.05) is 0 Å². The minimum Gasteiger partial charge on any atom is -0.486 e. The van der Waals surface area contributed by atoms with E-state index in [9.17, 15) is 31.1 Å². The number of ether oxygens (including phenoxy) is 1. The lowest BCUT2D eigenvalue weighted by atomic mass is 10.0. The number of hydrogen-bond acceptors (Lipinski definition) is 3. The van der Waals surface area contributed by atoms with Gasteiger partial charge in [-0.05, 0) is 70.4 Å². The van der Waals surface area contributed by atoms with Crippen LogP contribution in [-0.4, -0.2) is 10.9 Å². The van der Waals surface area contributed by atoms with E-state index in [1.54, 1.807) is 37.4 Å². The molecule has 180 valence electrons. The van der Waals surface area contributed by atoms with Crippen LogP contribution in [0.5, 0.6) is 5.75 Å². The zero-order valence-electron chi connectivity index (χ0n) is 17.5. The average molecular weight is 547 g/mol. The maximum atomic E-state index is 13.0. The highest BCUT2D eigenvalue weighted by Gasteiger charge is 2.36. The van der Waals surface area contributed by atoms with Gasteiger partial charge in [0.15, 0.2) is 0 Å². The summed E-state index contributed by atoms with van der Waals surface area (Å²) in [6, 6.07) is 10.8. The van der Waals surface area contributed by atoms with Crippen molar-refractivity contribution in [2.24, 2.45) is 0 Å². The molecule has 1 amide bonds. The van der Waals surface area contributed by atoms with Gasteiger partial charge in [0.1, 0.15) is 16.5 Å². The van der Waals surface area contributed by atoms with E-state index in [1.165, 1.54) is 12.1 Å². The number of alkyl halides is 6. The van der Waals surface area contributed by atoms with Gasteiger partial charge in [-0.15, -0.1) is 0 Å². The van der Waals surface area contributed by atoms with E-state index in [0.29, 0.717) is 28.0 Å². The monoisotopic (exact) mass is 546 g/mol. The van der Waals surface area contributed by atoms with Crippen LogP contribution in [0.25, 0.3) is 0 Å². The number of halogens is 7. The van der Waals surface area contributed by atoms with E-state index >= 15 is 0 Å². The Morgan fingerprint density at radius 3 is 2.24 bits per heavy atom. The lowest BCUT2D eigenvalue weighted by molar-refractivity contribution is -0.143. The molecule has 0 bridgehead atoms. The van der Waals surface area contributed by atoms with E-state index in [4.69, 9.17) is 4.74 Å². The summed E-state index contributed by atoms with van der Waals surface area (Å²) in [7, 11) is 0. The van der Waals surface area contributed by atoms with Crippen LogP contribution in [0.4, 0.5) is 26.3 Å². The van der Waals surface area contributed by atoms with Crippen LogP contribution in [0.2, 0.25) is 0 Å². The molecule has 11 heteroatoms. The second kappa shape index (κ2) is 10.0. The Morgan fingerprint density at radius 2 is 1.65 bits per heavy atom. The van der Waals surface area contributed by atoms with Gasteiger partial charge in [0.2, 0.25) is 0 Å². The fourth-order valence-electron chi connectivity index (χ4n) is 3.07. The molecule has 1 heterocycles. The van der Waals surface area contributed by atoms with E-state index in [1.807, 2.05) is 0 Å². The number of pyridine rings is 1. The van der Waals surface area contributed by atoms with E-state index < -0.39 is 42.0 Å². The minimum absolute atomic E-state index is 0.0392. The summed E-state index contributed by atoms with van der Waals surface area (Å²) in [5.74, 6) is -0.124. The van der Waals surface area contributed by atoms with Gasteiger partial charge in [-0.25, -0.2) is 4.98 Å². The molecule has 0 radical (unpaired) electrons. The van der Waals surface area contributed by atoms with Crippen LogP contribution < -0.4 is 10.1 Å². The molecule has 0 fully saturated rings. The van der Waals surface area contributed by atoms with Crippen molar-refractivity contribution in [3.63, 3.8) is 0 Å². The fourth-order valence-corrected chi connectivity index (χ4v) is 3.41. The second-order valence-electron chi connectivity index (χ2n) is 7.30. The molecule has 0 aliphatic carbocycles. The number of hydrogen-bond donors (Lipinski definition) is 1. The zero-order chi connectivity index (χ0) is 25.1. The Labute approximate surface area is 199 Å². The van der Waals surface area contributed by atoms with Gasteiger partial charge in [0, 0.05) is 24.4 Å². The van der Waals surface area contributed by atoms with Gasteiger partial charge < -0.3 is 10.1 Å². The Balaban J connectivity index is 1.74. The Hall–Kier alpha value is -3.08. The highest BCUT2D eigenvalue weighted by molar-refractivity contribution is 9.10. The molecule has 1 aromatic heterocycles. The van der Waals surface area contributed by atoms with Crippen molar-refractivity contribution < 1.29 is 35.9 Å². The topological polar surface area (TPSA) is 51.2 Å². The molecule has 1 atom stereocenters. The first-order chi connectivity index (χ1) is 15.8. The molecule has 1 N–H and O–H groups in total. The summed E-state index contributed by atoms with van der Waals surface area (Å²) in [6.07, 6.45) is -8.84. The quantitative estimate of drug-likeness (QED) is 0.269. The smallest absolute Gasteiger partial charge is 0.416 e. The molecule has 4 nitrogen and oxygen atoms in total. The standard InChI is InChI=1S/C23H17BrF6N2O2/c1-13(34-19-5-6-31-20(24)11-19)15-3-2-4-16(9-15)21(33)32-12-14-7-17(22(25,26)27)10-18(8-14)23(28,29)30/h2-11,13H,12H2,1H3,(H,32,33). The summed E-state index contributed by atoms with van der Waals surface area (Å²) in [5, 5.41) is 2.37. The summed E-state index contributed by atoms with van der Waals surface area (Å²) >= 11 is 3.24. The van der Waals surface area contributed by atoms with Gasteiger partial charge in [-0.2, -0.15) is 26.3 Å². The highest BCUT2D eigenvalue weighted by Crippen LogP contribution is 2.36. The first kappa shape index (κ1) is 25.5. The summed E-state index contributed by atoms with van der Waals surface area (Å²) in [4.78, 5) is 16.5. The van der Waals surface area contributed by atoms with Crippen molar-refractivity contribution in [3.8, 4) is 5.75 Å². The van der Waals surface area contributed by atoms with Gasteiger partial charge in [-0.1, -0.05) is 12.1 Å². The SMILES string of the molecule is CC(Oc1ccnc(Br)c1)c1cccc(C(=O)NCc2cc(C(F)(F)F)cc(C(F)(F)F)c2)c1. The first-order valence-corrected chi connectivity index (χ1v) is 10.6. The summed E-state index contributed by atoms with van der Waals surface area (Å²) < 4.78 is 84.6. The predicted octanol–water partition coefficient (Wildman–Crippen LogP) is 6.95. The molecular formula is C23H17BrF6N2O2. The molecule has 0 aliphatic heterocycles. The third-order valence-electron chi connectivity index (χ3n) is 4.73. The molecule has 3 aromatic rings. The van der Waals surface area contributed by atoms with Crippen LogP contribution in [0.3, 0.4) is 0 Å². The van der Waals surface area contributed by atoms with Crippen LogP contribution in [-0.2, 0) is 18.9 Å². The van der Waals surface area contributed by atoms with E-state index in [2.05, 4.69) is 26.2 Å². The van der Waals surface area contributed by atoms with Crippen LogP contribution >= 0.6 is 15.9 Å². The maximum absolute atomic E-state index is 13.0. The molecule has 2 aromatic carbocycles. The lowest BCUT2D eigenvalue weighted by Crippen LogP contribution is -2.24. The first-order valence-electron chi connectivity index (χ1n) is 9.77. The Bertz CT molecular complexity index is 1150. The van der Waals surface area contributed by atoms with Gasteiger partial charge >= 0.3 is 12.4 Å². The highest BCUT2D eigenvalue weighted by atomic mass is 79.9. The molecular weight excluding hydrogens is 530 g/mol. The van der Waals surface area contributed by atoms with Crippen molar-refractivity contribution in [1.29, 1.82) is 0 Å². The molecule has 34 heavy (non-hydrogen) atoms. The number of amides is 1. The van der Waals surface area contributed by atoms with Gasteiger partial charge in [-0.3, -0.25) is 4.79 Å². The third kappa shape index (κ3) is 6.72. The Kier molecular flexibility index (Phi) is 7.54. The molecule has 0 spiro atoms. The minimum atomic E-state index is -4.96. The second-order valence-corrected chi connectivity index (χ2v) is 8.11. The van der Waals surface area contributed by atoms with Gasteiger partial charge in [0.05, 0.1) is 11.1 Å². The molecule has 0 aliphatic rings. The normalized spacial score (nSPS) is 12.8. The van der Waals surface area contributed by atoms with Crippen LogP contribution in [0.1, 0.15) is 45.6 Å². The summed E-state index contributed by atoms with van der Waals surface area (Å²) in [5.41, 5.74) is -2.40. The molecule has 0 saturated carbocycles. The average Bonchev–Trinajstić information content (AvgIpc) is 2.76. The van der Waals surface area contributed by atoms with E-state index in [-0.39, 0.29) is 17.2 Å². The Morgan fingerprint density at radius 1 is 1.00 bits per heavy atom. The van der Waals surface area contributed by atoms with E-state index in [0.717, 1.165) is 0 Å². The van der Waals surface area contributed by atoms with Crippen LogP contribution in [0.15, 0.2) is 65.4 Å². The maximum Gasteiger partial charge on any atom is 0.416 e. The molecule has 1 unspecified atom stereocenters. The predicted molar refractivity (Wildman–Crippen MR) is 115 cm³/mol. The zero-order valence-corrected chi connectivity index (χ0v) is 19.1. The van der Waals surface area contributed by atoms with Crippen molar-refractivity contribution in [2.45, 2.75) is 31.9 Å². The number of nitrogens with one attached hydrogen (secondary N) is 1. The number of aromatic nitrogens is 1. The molecule has 0 saturated heterocycles. The number of carbonyl (C=O) groups excluding carboxylic acids is 1. The largest absolute Gasteiger partial charge is 0.486 e. The lowest BCUT2D eigenvalue weighted by Gasteiger charge is -2.16. The summed E-state index contributed by atoms with van der Waals surface area (Å²) in [6.45, 7) is 1.24. The molecule has 3 rings (SSSR count). The third-order valence-corrected chi connectivity index (χ3v) is 5.16. The van der Waals surface area contributed by atoms with Gasteiger partial charge in [0.25, 0.3) is 5.91 Å². The van der Waals surface area contributed by atoms with Crippen molar-refractivity contribution in [1.82, 2.24) is 10.3 Å². The fraction of sp³-hybridized carbons (Fsp3) is 0.217. The van der Waals surface area contributed by atoms with Crippen LogP contribution in [0, 0.1) is 0 Å². The van der Waals surface area contributed by atoms with Crippen molar-refractivity contribution in [3.05, 3.63) is 93.2 Å². The number of rotatable bonds is 6. The number of benzene rings is 2. The van der Waals surface area contributed by atoms with Crippen molar-refractivity contribution >= 4 is 21.8 Å².